The number of allylic oxidation sites excluding steroid dienone is 6. The number of nitrogens with two attached hydrogens (primary N) is 2. The molecule has 14 nitrogen and oxygen atoms in total. The average Bonchev–Trinajstić information content (AvgIpc) is 3.34. The second-order valence-electron chi connectivity index (χ2n) is 15.9. The summed E-state index contributed by atoms with van der Waals surface area (Å²) in [5, 5.41) is 20.5. The number of hydrogen-bond acceptors (Lipinski definition) is 13. The van der Waals surface area contributed by atoms with Gasteiger partial charge >= 0.3 is 35.7 Å². The molecule has 6 N–H and O–H groups in total. The van der Waals surface area contributed by atoms with Gasteiger partial charge in [0.1, 0.15) is 24.6 Å². The first-order valence-electron chi connectivity index (χ1n) is 17.5. The smallest absolute Gasteiger partial charge is 1.00 e. The molecule has 11 atom stereocenters. The quantitative estimate of drug-likeness (QED) is 0.132. The van der Waals surface area contributed by atoms with Crippen LogP contribution in [0.3, 0.4) is 0 Å². The monoisotopic (exact) mass is 730 g/mol. The van der Waals surface area contributed by atoms with Crippen molar-refractivity contribution >= 4 is 35.0 Å². The predicted molar refractivity (Wildman–Crippen MR) is 180 cm³/mol. The number of ketones is 5. The molecule has 2 saturated heterocycles. The summed E-state index contributed by atoms with van der Waals surface area (Å²) in [5.41, 5.74) is 8.91. The zero-order valence-electron chi connectivity index (χ0n) is 31.6. The minimum atomic E-state index is -1.62. The van der Waals surface area contributed by atoms with Gasteiger partial charge < -0.3 is 37.5 Å². The van der Waals surface area contributed by atoms with Gasteiger partial charge in [0.15, 0.2) is 17.3 Å². The topological polar surface area (TPSA) is 220 Å². The fourth-order valence-electron chi connectivity index (χ4n) is 11.4. The van der Waals surface area contributed by atoms with Gasteiger partial charge in [-0.2, -0.15) is 0 Å². The number of ether oxygens (including phenoxy) is 2. The SMILES string of the molecule is CO[C@@]12[C@H](COC(N)=O)C3=C(C(=O)C(C)=C(N)C3=O)N1C[C@H]1[C@@H]2N1C.C[C@]12C=CC(=O)C=C1CC[C@@H]1[C@@H]2C(=O)C[C@@]2(C)[C@H]1CC[C@]2(O)C(=O)CO.[H-].[Na+]. The molecule has 15 heteroatoms. The number of primary amides is 1. The number of nitrogens with zero attached hydrogens (tertiary/aromatic N) is 2. The fraction of sp³-hybridized carbons (Fsp3) is 0.622. The Morgan fingerprint density at radius 3 is 2.46 bits per heavy atom. The molecule has 1 unspecified atom stereocenters. The molecule has 1 amide bonds. The summed E-state index contributed by atoms with van der Waals surface area (Å²) >= 11 is 0. The minimum Gasteiger partial charge on any atom is -1.00 e. The number of fused-ring (bicyclic) bond motifs is 9. The molecule has 0 radical (unpaired) electrons. The zero-order chi connectivity index (χ0) is 37.2. The Balaban J connectivity index is 0.000000197. The number of piperazine rings is 1. The molecular formula is C37H47N4NaO10. The number of aliphatic hydroxyl groups excluding tert-OH is 1. The molecular weight excluding hydrogens is 683 g/mol. The summed E-state index contributed by atoms with van der Waals surface area (Å²) in [6.45, 7) is 5.15. The summed E-state index contributed by atoms with van der Waals surface area (Å²) < 4.78 is 10.9. The maximum atomic E-state index is 13.3. The summed E-state index contributed by atoms with van der Waals surface area (Å²) in [6.07, 6.45) is 6.88. The molecule has 0 aromatic carbocycles. The Bertz CT molecular complexity index is 1830. The second-order valence-corrected chi connectivity index (χ2v) is 15.9. The van der Waals surface area contributed by atoms with Crippen LogP contribution in [0.4, 0.5) is 4.79 Å². The van der Waals surface area contributed by atoms with Crippen LogP contribution in [0.1, 0.15) is 54.3 Å². The first kappa shape index (κ1) is 38.7. The number of carbonyl (C=O) groups excluding carboxylic acids is 6. The minimum absolute atomic E-state index is 0. The molecule has 8 aliphatic rings. The van der Waals surface area contributed by atoms with Crippen molar-refractivity contribution in [3.63, 3.8) is 0 Å². The Hall–Kier alpha value is -2.98. The van der Waals surface area contributed by atoms with E-state index in [4.69, 9.17) is 20.9 Å². The van der Waals surface area contributed by atoms with Crippen molar-refractivity contribution in [2.75, 3.05) is 33.9 Å². The number of rotatable bonds is 5. The molecule has 3 saturated carbocycles. The molecule has 0 spiro atoms. The van der Waals surface area contributed by atoms with Gasteiger partial charge in [-0.05, 0) is 63.6 Å². The third-order valence-electron chi connectivity index (χ3n) is 14.0. The zero-order valence-corrected chi connectivity index (χ0v) is 32.6. The van der Waals surface area contributed by atoms with Crippen molar-refractivity contribution in [1.82, 2.24) is 9.80 Å². The summed E-state index contributed by atoms with van der Waals surface area (Å²) in [6, 6.07) is 0.211. The van der Waals surface area contributed by atoms with E-state index in [9.17, 15) is 39.0 Å². The Morgan fingerprint density at radius 1 is 1.13 bits per heavy atom. The average molecular weight is 731 g/mol. The number of amides is 1. The predicted octanol–water partition coefficient (Wildman–Crippen LogP) is -2.43. The van der Waals surface area contributed by atoms with E-state index < -0.39 is 52.3 Å². The van der Waals surface area contributed by atoms with Crippen LogP contribution in [0.5, 0.6) is 0 Å². The van der Waals surface area contributed by atoms with Gasteiger partial charge in [-0.1, -0.05) is 25.5 Å². The van der Waals surface area contributed by atoms with Crippen molar-refractivity contribution in [3.05, 3.63) is 46.3 Å². The molecule has 5 aliphatic carbocycles. The van der Waals surface area contributed by atoms with Crippen LogP contribution < -0.4 is 41.0 Å². The van der Waals surface area contributed by atoms with Gasteiger partial charge in [0.2, 0.25) is 11.6 Å². The van der Waals surface area contributed by atoms with E-state index in [0.29, 0.717) is 25.1 Å². The maximum absolute atomic E-state index is 13.3. The van der Waals surface area contributed by atoms with Crippen LogP contribution >= 0.6 is 0 Å². The van der Waals surface area contributed by atoms with Crippen molar-refractivity contribution < 1.29 is 79.4 Å². The van der Waals surface area contributed by atoms with Crippen molar-refractivity contribution in [2.24, 2.45) is 46.0 Å². The van der Waals surface area contributed by atoms with E-state index in [1.807, 2.05) is 31.9 Å². The third kappa shape index (κ3) is 4.94. The van der Waals surface area contributed by atoms with Gasteiger partial charge in [-0.25, -0.2) is 4.79 Å². The molecule has 3 aliphatic heterocycles. The summed E-state index contributed by atoms with van der Waals surface area (Å²) in [5.74, 6) is -1.91. The van der Waals surface area contributed by atoms with Crippen molar-refractivity contribution in [3.8, 4) is 0 Å². The molecule has 5 fully saturated rings. The van der Waals surface area contributed by atoms with E-state index in [1.165, 1.54) is 7.11 Å². The van der Waals surface area contributed by atoms with E-state index >= 15 is 0 Å². The molecule has 0 aromatic rings. The van der Waals surface area contributed by atoms with E-state index in [0.717, 1.165) is 18.4 Å². The second kappa shape index (κ2) is 12.8. The van der Waals surface area contributed by atoms with E-state index in [2.05, 4.69) is 4.90 Å². The van der Waals surface area contributed by atoms with Crippen LogP contribution in [-0.2, 0) is 33.4 Å². The molecule has 0 bridgehead atoms. The third-order valence-corrected chi connectivity index (χ3v) is 14.0. The maximum Gasteiger partial charge on any atom is 1.00 e. The molecule has 3 heterocycles. The first-order valence-corrected chi connectivity index (χ1v) is 17.5. The van der Waals surface area contributed by atoms with E-state index in [1.54, 1.807) is 19.1 Å². The van der Waals surface area contributed by atoms with Crippen molar-refractivity contribution in [1.29, 1.82) is 0 Å². The van der Waals surface area contributed by atoms with Crippen LogP contribution in [0.15, 0.2) is 46.3 Å². The van der Waals surface area contributed by atoms with Gasteiger partial charge in [0, 0.05) is 54.0 Å². The largest absolute Gasteiger partial charge is 1.00 e. The standard InChI is InChI=1S/C21H26O5.C16H20N4O5.Na.H/c1-19-7-5-13(23)9-12(19)3-4-14-15-6-8-21(26,17(25)11-22)20(15,2)10-16(24)18(14)19;1-6-10(17)13(22)9-7(5-25-15(18)23)16(24-3)14-8(19(14)2)4-20(16)11(9)12(6)21;;/h5,7,9,14-15,18,22,26H,3-4,6,8,10-11H2,1-2H3;7-8,14H,4-5,17H2,1-3H3,(H2,18,23);;/q;;+1;-1/t14-,15-,18+,19-,20-,21-;7-,8+,14+,16-,19?;;/m01../s1. The Kier molecular flexibility index (Phi) is 9.55. The van der Waals surface area contributed by atoms with Gasteiger partial charge in [0.25, 0.3) is 0 Å². The first-order chi connectivity index (χ1) is 23.9. The number of aliphatic hydroxyl groups is 2. The fourth-order valence-corrected chi connectivity index (χ4v) is 11.4. The number of carbonyl (C=O) groups is 6. The van der Waals surface area contributed by atoms with Crippen molar-refractivity contribution in [2.45, 2.75) is 76.3 Å². The van der Waals surface area contributed by atoms with Crippen LogP contribution in [0.25, 0.3) is 0 Å². The Morgan fingerprint density at radius 2 is 1.83 bits per heavy atom. The summed E-state index contributed by atoms with van der Waals surface area (Å²) in [7, 11) is 3.49. The molecule has 52 heavy (non-hydrogen) atoms. The number of Topliss-reactive ketones (excluding diaryl/α,β-unsaturated/α-hetero) is 4. The van der Waals surface area contributed by atoms with Crippen LogP contribution in [-0.4, -0.2) is 112 Å². The normalized spacial score (nSPS) is 42.2. The Labute approximate surface area is 325 Å². The van der Waals surface area contributed by atoms with Crippen LogP contribution in [0.2, 0.25) is 0 Å². The molecule has 276 valence electrons. The number of methoxy groups -OCH3 is 1. The van der Waals surface area contributed by atoms with Crippen LogP contribution in [0, 0.1) is 34.5 Å². The van der Waals surface area contributed by atoms with E-state index in [-0.39, 0.29) is 108 Å². The van der Waals surface area contributed by atoms with Gasteiger partial charge in [-0.15, -0.1) is 0 Å². The van der Waals surface area contributed by atoms with Gasteiger partial charge in [-0.3, -0.25) is 28.9 Å². The van der Waals surface area contributed by atoms with Gasteiger partial charge in [0.05, 0.1) is 23.4 Å². The molecule has 8 rings (SSSR count). The molecule has 0 aromatic heterocycles. The summed E-state index contributed by atoms with van der Waals surface area (Å²) in [4.78, 5) is 78.2. The number of likely N-dealkylation sites (N-methyl/N-ethyl adjacent to an activating group) is 1. The number of hydrogen-bond donors (Lipinski definition) is 4.